The maximum absolute atomic E-state index is 11.7. The Morgan fingerprint density at radius 3 is 2.77 bits per heavy atom. The van der Waals surface area contributed by atoms with Crippen molar-refractivity contribution >= 4 is 23.0 Å². The molecule has 1 N–H and O–H groups in total. The van der Waals surface area contributed by atoms with E-state index in [1.54, 1.807) is 6.07 Å². The molecule has 1 amide bonds. The number of carbonyl (C=O) groups is 2. The fourth-order valence-electron chi connectivity index (χ4n) is 2.32. The molecule has 0 bridgehead atoms. The predicted molar refractivity (Wildman–Crippen MR) is 87.4 cm³/mol. The lowest BCUT2D eigenvalue weighted by Gasteiger charge is -2.11. The number of ether oxygens (including phenoxy) is 1. The SMILES string of the molecule is CCCCCNC(=O)COc1ccc2ccccc2c1C=O. The number of rotatable bonds is 8. The van der Waals surface area contributed by atoms with E-state index in [9.17, 15) is 9.59 Å². The minimum absolute atomic E-state index is 0.0781. The van der Waals surface area contributed by atoms with E-state index in [0.717, 1.165) is 36.3 Å². The Morgan fingerprint density at radius 1 is 1.18 bits per heavy atom. The first-order chi connectivity index (χ1) is 10.8. The summed E-state index contributed by atoms with van der Waals surface area (Å²) in [5.74, 6) is 0.276. The molecule has 0 aromatic heterocycles. The molecular weight excluding hydrogens is 278 g/mol. The predicted octanol–water partition coefficient (Wildman–Crippen LogP) is 3.34. The fourth-order valence-corrected chi connectivity index (χ4v) is 2.32. The molecule has 22 heavy (non-hydrogen) atoms. The van der Waals surface area contributed by atoms with E-state index in [4.69, 9.17) is 4.74 Å². The van der Waals surface area contributed by atoms with Crippen molar-refractivity contribution in [1.82, 2.24) is 5.32 Å². The molecule has 0 aliphatic carbocycles. The molecule has 0 fully saturated rings. The van der Waals surface area contributed by atoms with Crippen LogP contribution in [0.4, 0.5) is 0 Å². The van der Waals surface area contributed by atoms with Crippen molar-refractivity contribution in [2.75, 3.05) is 13.2 Å². The van der Waals surface area contributed by atoms with Crippen LogP contribution in [0.5, 0.6) is 5.75 Å². The van der Waals surface area contributed by atoms with Gasteiger partial charge < -0.3 is 10.1 Å². The highest BCUT2D eigenvalue weighted by atomic mass is 16.5. The number of fused-ring (bicyclic) bond motifs is 1. The molecule has 0 saturated heterocycles. The summed E-state index contributed by atoms with van der Waals surface area (Å²) in [6.45, 7) is 2.70. The van der Waals surface area contributed by atoms with Gasteiger partial charge in [-0.05, 0) is 23.3 Å². The van der Waals surface area contributed by atoms with Crippen LogP contribution in [-0.4, -0.2) is 25.3 Å². The van der Waals surface area contributed by atoms with Crippen molar-refractivity contribution in [3.63, 3.8) is 0 Å². The van der Waals surface area contributed by atoms with Crippen molar-refractivity contribution in [1.29, 1.82) is 0 Å². The van der Waals surface area contributed by atoms with E-state index in [1.165, 1.54) is 0 Å². The third kappa shape index (κ3) is 4.07. The van der Waals surface area contributed by atoms with Crippen LogP contribution in [-0.2, 0) is 4.79 Å². The molecule has 0 unspecified atom stereocenters. The molecule has 0 heterocycles. The Labute approximate surface area is 130 Å². The standard InChI is InChI=1S/C18H21NO3/c1-2-3-6-11-19-18(21)13-22-17-10-9-14-7-4-5-8-15(14)16(17)12-20/h4-5,7-10,12H,2-3,6,11,13H2,1H3,(H,19,21). The lowest BCUT2D eigenvalue weighted by molar-refractivity contribution is -0.123. The van der Waals surface area contributed by atoms with Crippen LogP contribution in [0.2, 0.25) is 0 Å². The van der Waals surface area contributed by atoms with E-state index in [1.807, 2.05) is 30.3 Å². The van der Waals surface area contributed by atoms with Gasteiger partial charge in [0, 0.05) is 6.54 Å². The molecule has 0 saturated carbocycles. The van der Waals surface area contributed by atoms with Gasteiger partial charge in [-0.15, -0.1) is 0 Å². The highest BCUT2D eigenvalue weighted by molar-refractivity contribution is 6.00. The van der Waals surface area contributed by atoms with Gasteiger partial charge in [-0.25, -0.2) is 0 Å². The minimum atomic E-state index is -0.166. The summed E-state index contributed by atoms with van der Waals surface area (Å²) < 4.78 is 5.51. The van der Waals surface area contributed by atoms with Gasteiger partial charge in [-0.1, -0.05) is 50.1 Å². The third-order valence-corrected chi connectivity index (χ3v) is 3.51. The highest BCUT2D eigenvalue weighted by Crippen LogP contribution is 2.26. The molecule has 0 aliphatic heterocycles. The van der Waals surface area contributed by atoms with Crippen LogP contribution in [0.25, 0.3) is 10.8 Å². The summed E-state index contributed by atoms with van der Waals surface area (Å²) >= 11 is 0. The van der Waals surface area contributed by atoms with Crippen LogP contribution in [0.3, 0.4) is 0 Å². The smallest absolute Gasteiger partial charge is 0.257 e. The van der Waals surface area contributed by atoms with Crippen molar-refractivity contribution in [2.45, 2.75) is 26.2 Å². The maximum Gasteiger partial charge on any atom is 0.257 e. The molecule has 2 aromatic rings. The summed E-state index contributed by atoms with van der Waals surface area (Å²) in [5, 5.41) is 4.62. The average Bonchev–Trinajstić information content (AvgIpc) is 2.56. The number of carbonyl (C=O) groups excluding carboxylic acids is 2. The number of hydrogen-bond acceptors (Lipinski definition) is 3. The van der Waals surface area contributed by atoms with Crippen LogP contribution in [0.15, 0.2) is 36.4 Å². The number of amides is 1. The Balaban J connectivity index is 1.99. The molecule has 0 spiro atoms. The van der Waals surface area contributed by atoms with E-state index in [0.29, 0.717) is 17.9 Å². The monoisotopic (exact) mass is 299 g/mol. The summed E-state index contributed by atoms with van der Waals surface area (Å²) in [4.78, 5) is 23.1. The number of nitrogens with one attached hydrogen (secondary N) is 1. The van der Waals surface area contributed by atoms with E-state index >= 15 is 0 Å². The summed E-state index contributed by atoms with van der Waals surface area (Å²) in [5.41, 5.74) is 0.483. The van der Waals surface area contributed by atoms with Gasteiger partial charge in [0.1, 0.15) is 5.75 Å². The van der Waals surface area contributed by atoms with Crippen molar-refractivity contribution < 1.29 is 14.3 Å². The number of hydrogen-bond donors (Lipinski definition) is 1. The first-order valence-electron chi connectivity index (χ1n) is 7.62. The number of aldehydes is 1. The quantitative estimate of drug-likeness (QED) is 0.601. The average molecular weight is 299 g/mol. The Kier molecular flexibility index (Phi) is 5.95. The molecule has 0 aliphatic rings. The van der Waals surface area contributed by atoms with Crippen LogP contribution in [0.1, 0.15) is 36.5 Å². The summed E-state index contributed by atoms with van der Waals surface area (Å²) in [6, 6.07) is 11.2. The zero-order valence-electron chi connectivity index (χ0n) is 12.8. The molecule has 0 atom stereocenters. The van der Waals surface area contributed by atoms with Gasteiger partial charge in [-0.2, -0.15) is 0 Å². The normalized spacial score (nSPS) is 10.4. The van der Waals surface area contributed by atoms with Gasteiger partial charge in [0.15, 0.2) is 12.9 Å². The van der Waals surface area contributed by atoms with Gasteiger partial charge in [0.05, 0.1) is 5.56 Å². The second kappa shape index (κ2) is 8.17. The van der Waals surface area contributed by atoms with Gasteiger partial charge in [-0.3, -0.25) is 9.59 Å². The molecule has 2 rings (SSSR count). The van der Waals surface area contributed by atoms with Gasteiger partial charge in [0.25, 0.3) is 5.91 Å². The Hall–Kier alpha value is -2.36. The van der Waals surface area contributed by atoms with E-state index < -0.39 is 0 Å². The Bertz CT molecular complexity index is 652. The first kappa shape index (κ1) is 16.0. The molecule has 116 valence electrons. The van der Waals surface area contributed by atoms with E-state index in [-0.39, 0.29) is 12.5 Å². The maximum atomic E-state index is 11.7. The highest BCUT2D eigenvalue weighted by Gasteiger charge is 2.09. The first-order valence-corrected chi connectivity index (χ1v) is 7.62. The zero-order valence-corrected chi connectivity index (χ0v) is 12.8. The third-order valence-electron chi connectivity index (χ3n) is 3.51. The number of benzene rings is 2. The minimum Gasteiger partial charge on any atom is -0.483 e. The molecule has 4 heteroatoms. The van der Waals surface area contributed by atoms with Crippen molar-refractivity contribution in [2.24, 2.45) is 0 Å². The fraction of sp³-hybridized carbons (Fsp3) is 0.333. The second-order valence-corrected chi connectivity index (χ2v) is 5.16. The van der Waals surface area contributed by atoms with Gasteiger partial charge >= 0.3 is 0 Å². The molecule has 4 nitrogen and oxygen atoms in total. The lowest BCUT2D eigenvalue weighted by atomic mass is 10.0. The van der Waals surface area contributed by atoms with Crippen LogP contribution < -0.4 is 10.1 Å². The summed E-state index contributed by atoms with van der Waals surface area (Å²) in [7, 11) is 0. The topological polar surface area (TPSA) is 55.4 Å². The zero-order chi connectivity index (χ0) is 15.8. The molecule has 0 radical (unpaired) electrons. The molecule has 2 aromatic carbocycles. The summed E-state index contributed by atoms with van der Waals surface area (Å²) in [6.07, 6.45) is 3.96. The van der Waals surface area contributed by atoms with Crippen molar-refractivity contribution in [3.05, 3.63) is 42.0 Å². The second-order valence-electron chi connectivity index (χ2n) is 5.16. The lowest BCUT2D eigenvalue weighted by Crippen LogP contribution is -2.29. The number of unbranched alkanes of at least 4 members (excludes halogenated alkanes) is 2. The van der Waals surface area contributed by atoms with Crippen LogP contribution >= 0.6 is 0 Å². The largest absolute Gasteiger partial charge is 0.483 e. The molecular formula is C18H21NO3. The van der Waals surface area contributed by atoms with Crippen LogP contribution in [0, 0.1) is 0 Å². The Morgan fingerprint density at radius 2 is 2.00 bits per heavy atom. The van der Waals surface area contributed by atoms with Gasteiger partial charge in [0.2, 0.25) is 0 Å². The van der Waals surface area contributed by atoms with Crippen molar-refractivity contribution in [3.8, 4) is 5.75 Å². The van der Waals surface area contributed by atoms with E-state index in [2.05, 4.69) is 12.2 Å².